The monoisotopic (exact) mass is 400 g/mol. The number of ether oxygens (including phenoxy) is 2. The van der Waals surface area contributed by atoms with Crippen LogP contribution < -0.4 is 10.1 Å². The standard InChI is InChI=1S/C21H24N2O6/c1-12(23-19(25)14-8-4-5-9-15(14)20(23)26)21(27)29-13(2)18(24)22-16-10-6-7-11-17(16)28-3/h4-7,10-15H,8-9H2,1-3H3,(H,22,24)/t12-,13-,14-,15+/m0/s1. The van der Waals surface area contributed by atoms with Crippen molar-refractivity contribution in [2.45, 2.75) is 38.8 Å². The molecule has 0 aromatic heterocycles. The van der Waals surface area contributed by atoms with Gasteiger partial charge in [0.2, 0.25) is 11.8 Å². The first-order valence-electron chi connectivity index (χ1n) is 9.51. The lowest BCUT2D eigenvalue weighted by Gasteiger charge is -2.23. The Morgan fingerprint density at radius 3 is 2.24 bits per heavy atom. The number of esters is 1. The molecule has 1 aromatic rings. The average molecular weight is 400 g/mol. The summed E-state index contributed by atoms with van der Waals surface area (Å²) in [4.78, 5) is 51.1. The molecular formula is C21H24N2O6. The van der Waals surface area contributed by atoms with E-state index in [2.05, 4.69) is 5.32 Å². The van der Waals surface area contributed by atoms with E-state index in [1.807, 2.05) is 12.2 Å². The summed E-state index contributed by atoms with van der Waals surface area (Å²) in [6.45, 7) is 2.86. The van der Waals surface area contributed by atoms with Gasteiger partial charge in [-0.2, -0.15) is 0 Å². The quantitative estimate of drug-likeness (QED) is 0.445. The van der Waals surface area contributed by atoms with Crippen LogP contribution in [0.4, 0.5) is 5.69 Å². The number of hydrogen-bond acceptors (Lipinski definition) is 6. The van der Waals surface area contributed by atoms with Gasteiger partial charge in [-0.25, -0.2) is 4.79 Å². The molecule has 1 heterocycles. The van der Waals surface area contributed by atoms with Crippen LogP contribution in [0.1, 0.15) is 26.7 Å². The van der Waals surface area contributed by atoms with Gasteiger partial charge in [-0.05, 0) is 38.8 Å². The summed E-state index contributed by atoms with van der Waals surface area (Å²) in [6.07, 6.45) is 3.62. The van der Waals surface area contributed by atoms with Crippen molar-refractivity contribution in [2.75, 3.05) is 12.4 Å². The molecule has 1 N–H and O–H groups in total. The topological polar surface area (TPSA) is 102 Å². The normalized spacial score (nSPS) is 22.7. The molecule has 0 bridgehead atoms. The number of allylic oxidation sites excluding steroid dienone is 2. The zero-order valence-corrected chi connectivity index (χ0v) is 16.6. The molecule has 4 atom stereocenters. The van der Waals surface area contributed by atoms with Crippen LogP contribution in [0.5, 0.6) is 5.75 Å². The SMILES string of the molecule is COc1ccccc1NC(=O)[C@H](C)OC(=O)[C@H](C)N1C(=O)[C@H]2CC=CC[C@H]2C1=O. The van der Waals surface area contributed by atoms with Gasteiger partial charge in [-0.1, -0.05) is 24.3 Å². The van der Waals surface area contributed by atoms with Crippen LogP contribution in [-0.2, 0) is 23.9 Å². The van der Waals surface area contributed by atoms with Crippen LogP contribution in [0.15, 0.2) is 36.4 Å². The molecule has 0 spiro atoms. The number of amides is 3. The van der Waals surface area contributed by atoms with Gasteiger partial charge < -0.3 is 14.8 Å². The van der Waals surface area contributed by atoms with Gasteiger partial charge in [-0.3, -0.25) is 19.3 Å². The number of carbonyl (C=O) groups excluding carboxylic acids is 4. The number of nitrogens with one attached hydrogen (secondary N) is 1. The van der Waals surface area contributed by atoms with Crippen molar-refractivity contribution in [3.8, 4) is 5.75 Å². The Morgan fingerprint density at radius 1 is 1.07 bits per heavy atom. The van der Waals surface area contributed by atoms with E-state index in [4.69, 9.17) is 9.47 Å². The first-order valence-corrected chi connectivity index (χ1v) is 9.51. The maximum atomic E-state index is 12.6. The Kier molecular flexibility index (Phi) is 6.00. The number of nitrogens with zero attached hydrogens (tertiary/aromatic N) is 1. The highest BCUT2D eigenvalue weighted by Crippen LogP contribution is 2.36. The number of benzene rings is 1. The fourth-order valence-electron chi connectivity index (χ4n) is 3.62. The zero-order chi connectivity index (χ0) is 21.1. The third-order valence-corrected chi connectivity index (χ3v) is 5.30. The van der Waals surface area contributed by atoms with E-state index < -0.39 is 35.9 Å². The van der Waals surface area contributed by atoms with Crippen molar-refractivity contribution >= 4 is 29.4 Å². The third-order valence-electron chi connectivity index (χ3n) is 5.30. The Balaban J connectivity index is 1.62. The van der Waals surface area contributed by atoms with Crippen LogP contribution in [0.3, 0.4) is 0 Å². The van der Waals surface area contributed by atoms with Gasteiger partial charge in [0.1, 0.15) is 11.8 Å². The van der Waals surface area contributed by atoms with Crippen LogP contribution in [-0.4, -0.2) is 47.8 Å². The molecule has 1 fully saturated rings. The molecular weight excluding hydrogens is 376 g/mol. The second-order valence-electron chi connectivity index (χ2n) is 7.15. The van der Waals surface area contributed by atoms with E-state index in [9.17, 15) is 19.2 Å². The molecule has 8 nitrogen and oxygen atoms in total. The zero-order valence-electron chi connectivity index (χ0n) is 16.6. The van der Waals surface area contributed by atoms with Crippen molar-refractivity contribution in [3.05, 3.63) is 36.4 Å². The summed E-state index contributed by atoms with van der Waals surface area (Å²) < 4.78 is 10.4. The predicted octanol–water partition coefficient (Wildman–Crippen LogP) is 1.91. The second kappa shape index (κ2) is 8.46. The number of carbonyl (C=O) groups is 4. The van der Waals surface area contributed by atoms with E-state index in [-0.39, 0.29) is 11.8 Å². The Bertz CT molecular complexity index is 838. The van der Waals surface area contributed by atoms with Crippen LogP contribution in [0.2, 0.25) is 0 Å². The Hall–Kier alpha value is -3.16. The smallest absolute Gasteiger partial charge is 0.329 e. The number of imide groups is 1. The number of fused-ring (bicyclic) bond motifs is 1. The number of rotatable bonds is 6. The minimum Gasteiger partial charge on any atom is -0.495 e. The van der Waals surface area contributed by atoms with Gasteiger partial charge >= 0.3 is 5.97 Å². The van der Waals surface area contributed by atoms with Crippen molar-refractivity contribution in [3.63, 3.8) is 0 Å². The summed E-state index contributed by atoms with van der Waals surface area (Å²) in [5.74, 6) is -2.45. The fraction of sp³-hybridized carbons (Fsp3) is 0.429. The van der Waals surface area contributed by atoms with Crippen molar-refractivity contribution < 1.29 is 28.7 Å². The first-order chi connectivity index (χ1) is 13.8. The molecule has 29 heavy (non-hydrogen) atoms. The predicted molar refractivity (Wildman–Crippen MR) is 104 cm³/mol. The fourth-order valence-corrected chi connectivity index (χ4v) is 3.62. The summed E-state index contributed by atoms with van der Waals surface area (Å²) in [5, 5.41) is 2.64. The number of hydrogen-bond donors (Lipinski definition) is 1. The molecule has 8 heteroatoms. The highest BCUT2D eigenvalue weighted by atomic mass is 16.5. The van der Waals surface area contributed by atoms with Crippen molar-refractivity contribution in [2.24, 2.45) is 11.8 Å². The van der Waals surface area contributed by atoms with E-state index >= 15 is 0 Å². The first kappa shape index (κ1) is 20.6. The van der Waals surface area contributed by atoms with Crippen LogP contribution >= 0.6 is 0 Å². The molecule has 3 amide bonds. The molecule has 1 aromatic carbocycles. The molecule has 154 valence electrons. The number of likely N-dealkylation sites (tertiary alicyclic amines) is 1. The summed E-state index contributed by atoms with van der Waals surface area (Å²) in [6, 6.07) is 5.74. The molecule has 2 aliphatic rings. The summed E-state index contributed by atoms with van der Waals surface area (Å²) in [5.41, 5.74) is 0.442. The van der Waals surface area contributed by atoms with Crippen molar-refractivity contribution in [1.82, 2.24) is 4.90 Å². The van der Waals surface area contributed by atoms with Gasteiger partial charge in [0, 0.05) is 0 Å². The van der Waals surface area contributed by atoms with Crippen LogP contribution in [0, 0.1) is 11.8 Å². The lowest BCUT2D eigenvalue weighted by atomic mass is 9.85. The number of para-hydroxylation sites is 2. The molecule has 1 saturated heterocycles. The molecule has 0 saturated carbocycles. The van der Waals surface area contributed by atoms with Crippen molar-refractivity contribution in [1.29, 1.82) is 0 Å². The lowest BCUT2D eigenvalue weighted by Crippen LogP contribution is -2.46. The van der Waals surface area contributed by atoms with E-state index in [0.29, 0.717) is 24.3 Å². The second-order valence-corrected chi connectivity index (χ2v) is 7.15. The van der Waals surface area contributed by atoms with Gasteiger partial charge in [0.15, 0.2) is 6.10 Å². The number of anilines is 1. The minimum atomic E-state index is -1.12. The molecule has 3 rings (SSSR count). The van der Waals surface area contributed by atoms with Gasteiger partial charge in [0.05, 0.1) is 24.6 Å². The average Bonchev–Trinajstić information content (AvgIpc) is 2.98. The molecule has 1 aliphatic heterocycles. The molecule has 0 unspecified atom stereocenters. The minimum absolute atomic E-state index is 0.361. The third kappa shape index (κ3) is 4.01. The highest BCUT2D eigenvalue weighted by Gasteiger charge is 2.50. The summed E-state index contributed by atoms with van der Waals surface area (Å²) >= 11 is 0. The molecule has 1 aliphatic carbocycles. The number of methoxy groups -OCH3 is 1. The molecule has 0 radical (unpaired) electrons. The Labute approximate surface area is 168 Å². The highest BCUT2D eigenvalue weighted by molar-refractivity contribution is 6.08. The van der Waals surface area contributed by atoms with Gasteiger partial charge in [0.25, 0.3) is 5.91 Å². The summed E-state index contributed by atoms with van der Waals surface area (Å²) in [7, 11) is 1.48. The van der Waals surface area contributed by atoms with Gasteiger partial charge in [-0.15, -0.1) is 0 Å². The largest absolute Gasteiger partial charge is 0.495 e. The van der Waals surface area contributed by atoms with E-state index in [1.165, 1.54) is 21.0 Å². The van der Waals surface area contributed by atoms with Crippen LogP contribution in [0.25, 0.3) is 0 Å². The van der Waals surface area contributed by atoms with E-state index in [0.717, 1.165) is 4.90 Å². The Morgan fingerprint density at radius 2 is 1.66 bits per heavy atom. The maximum Gasteiger partial charge on any atom is 0.329 e. The lowest BCUT2D eigenvalue weighted by molar-refractivity contribution is -0.163. The maximum absolute atomic E-state index is 12.6. The van der Waals surface area contributed by atoms with E-state index in [1.54, 1.807) is 24.3 Å².